The molecule has 4 rings (SSSR count). The zero-order chi connectivity index (χ0) is 20.8. The number of halogens is 3. The number of aliphatic hydroxyl groups is 1. The van der Waals surface area contributed by atoms with Gasteiger partial charge in [0, 0.05) is 17.7 Å². The molecule has 0 bridgehead atoms. The molecule has 0 aromatic carbocycles. The van der Waals surface area contributed by atoms with Crippen molar-refractivity contribution < 1.29 is 27.6 Å². The monoisotopic (exact) mass is 428 g/mol. The Morgan fingerprint density at radius 1 is 1.28 bits per heavy atom. The summed E-state index contributed by atoms with van der Waals surface area (Å²) in [5.41, 5.74) is 0.843. The number of hydrogen-bond acceptors (Lipinski definition) is 5. The summed E-state index contributed by atoms with van der Waals surface area (Å²) in [5.74, 6) is 0.103. The van der Waals surface area contributed by atoms with E-state index in [9.17, 15) is 18.3 Å². The van der Waals surface area contributed by atoms with Crippen molar-refractivity contribution in [1.29, 1.82) is 0 Å². The van der Waals surface area contributed by atoms with Crippen molar-refractivity contribution in [3.8, 4) is 5.88 Å². The van der Waals surface area contributed by atoms with Crippen LogP contribution in [0.25, 0.3) is 10.2 Å². The van der Waals surface area contributed by atoms with Gasteiger partial charge in [-0.25, -0.2) is 14.5 Å². The molecule has 0 amide bonds. The highest BCUT2D eigenvalue weighted by molar-refractivity contribution is 7.19. The van der Waals surface area contributed by atoms with Gasteiger partial charge in [0.25, 0.3) is 0 Å². The van der Waals surface area contributed by atoms with Crippen molar-refractivity contribution in [1.82, 2.24) is 9.97 Å². The molecule has 1 fully saturated rings. The number of aromatic nitrogens is 2. The van der Waals surface area contributed by atoms with Crippen molar-refractivity contribution in [2.24, 2.45) is 0 Å². The number of aliphatic hydroxyl groups excluding tert-OH is 1. The first-order chi connectivity index (χ1) is 13.7. The predicted octanol–water partition coefficient (Wildman–Crippen LogP) is 4.07. The average Bonchev–Trinajstić information content (AvgIpc) is 3.21. The van der Waals surface area contributed by atoms with E-state index in [1.54, 1.807) is 0 Å². The molecule has 0 spiro atoms. The van der Waals surface area contributed by atoms with Gasteiger partial charge in [0.2, 0.25) is 5.88 Å². The van der Waals surface area contributed by atoms with Crippen molar-refractivity contribution in [2.45, 2.75) is 75.3 Å². The smallest absolute Gasteiger partial charge is 0.414 e. The van der Waals surface area contributed by atoms with Gasteiger partial charge in [-0.15, -0.1) is 11.3 Å². The van der Waals surface area contributed by atoms with Gasteiger partial charge >= 0.3 is 6.18 Å². The lowest BCUT2D eigenvalue weighted by Crippen LogP contribution is -2.32. The molecule has 0 unspecified atom stereocenters. The van der Waals surface area contributed by atoms with Crippen LogP contribution < -0.4 is 4.74 Å². The second kappa shape index (κ2) is 7.83. The fraction of sp³-hybridized carbons (Fsp3) is 0.650. The Bertz CT molecular complexity index is 906. The van der Waals surface area contributed by atoms with Gasteiger partial charge in [-0.1, -0.05) is 0 Å². The van der Waals surface area contributed by atoms with Crippen molar-refractivity contribution in [3.05, 3.63) is 16.8 Å². The molecule has 29 heavy (non-hydrogen) atoms. The molecule has 1 N–H and O–H groups in total. The van der Waals surface area contributed by atoms with Crippen LogP contribution in [-0.2, 0) is 6.42 Å². The highest BCUT2D eigenvalue weighted by atomic mass is 32.1. The number of nitrogens with zero attached hydrogens (tertiary/aromatic N) is 3. The van der Waals surface area contributed by atoms with Crippen LogP contribution in [0.2, 0.25) is 0 Å². The van der Waals surface area contributed by atoms with E-state index in [0.717, 1.165) is 46.3 Å². The molecule has 5 nitrogen and oxygen atoms in total. The SMILES string of the molecule is C=[N+](C)C1CCC(Oc2ncnc3sc4c(c23)[C@@H](C[C@@H](O)C(F)(F)F)CC4)CC1. The Balaban J connectivity index is 1.58. The first kappa shape index (κ1) is 20.5. The van der Waals surface area contributed by atoms with Crippen LogP contribution in [0, 0.1) is 0 Å². The predicted molar refractivity (Wildman–Crippen MR) is 105 cm³/mol. The third-order valence-corrected chi connectivity index (χ3v) is 7.30. The molecular formula is C20H25F3N3O2S+. The van der Waals surface area contributed by atoms with E-state index in [1.165, 1.54) is 17.7 Å². The van der Waals surface area contributed by atoms with Crippen LogP contribution in [0.3, 0.4) is 0 Å². The van der Waals surface area contributed by atoms with E-state index in [2.05, 4.69) is 16.7 Å². The minimum Gasteiger partial charge on any atom is -0.474 e. The normalized spacial score (nSPS) is 25.8. The van der Waals surface area contributed by atoms with Crippen LogP contribution >= 0.6 is 11.3 Å². The minimum atomic E-state index is -4.61. The molecule has 0 radical (unpaired) electrons. The van der Waals surface area contributed by atoms with Gasteiger partial charge < -0.3 is 9.84 Å². The number of aryl methyl sites for hydroxylation is 1. The van der Waals surface area contributed by atoms with Crippen LogP contribution in [0.1, 0.15) is 54.9 Å². The van der Waals surface area contributed by atoms with Gasteiger partial charge in [0.15, 0.2) is 6.04 Å². The van der Waals surface area contributed by atoms with E-state index in [1.807, 2.05) is 11.6 Å². The number of thiophene rings is 1. The van der Waals surface area contributed by atoms with E-state index >= 15 is 0 Å². The maximum absolute atomic E-state index is 12.9. The number of rotatable bonds is 5. The highest BCUT2D eigenvalue weighted by Crippen LogP contribution is 2.48. The van der Waals surface area contributed by atoms with Crippen LogP contribution in [0.4, 0.5) is 13.2 Å². The Kier molecular flexibility index (Phi) is 5.54. The standard InChI is InChI=1S/C20H25F3N3O2S/c1-26(2)12-4-6-13(7-5-12)28-18-17-16-11(9-15(27)20(21,22)23)3-8-14(16)29-19(17)25-10-24-18/h10-13,15,27H,1,3-9H2,2H3/q+1/t11-,12?,13?,15-/m1/s1. The minimum absolute atomic E-state index is 0.0282. The quantitative estimate of drug-likeness (QED) is 0.576. The van der Waals surface area contributed by atoms with Crippen molar-refractivity contribution in [2.75, 3.05) is 7.05 Å². The van der Waals surface area contributed by atoms with Gasteiger partial charge in [0.05, 0.1) is 5.39 Å². The molecule has 2 aromatic heterocycles. The highest BCUT2D eigenvalue weighted by Gasteiger charge is 2.42. The van der Waals surface area contributed by atoms with Crippen LogP contribution in [0.15, 0.2) is 6.33 Å². The summed E-state index contributed by atoms with van der Waals surface area (Å²) >= 11 is 1.50. The fourth-order valence-corrected chi connectivity index (χ4v) is 5.76. The lowest BCUT2D eigenvalue weighted by molar-refractivity contribution is -0.534. The Morgan fingerprint density at radius 3 is 2.66 bits per heavy atom. The second-order valence-electron chi connectivity index (χ2n) is 8.13. The number of alkyl halides is 3. The van der Waals surface area contributed by atoms with Gasteiger partial charge in [-0.2, -0.15) is 13.2 Å². The summed E-state index contributed by atoms with van der Waals surface area (Å²) in [5, 5.41) is 10.3. The number of fused-ring (bicyclic) bond motifs is 3. The Morgan fingerprint density at radius 2 is 2.00 bits per heavy atom. The number of hydrogen-bond donors (Lipinski definition) is 1. The first-order valence-electron chi connectivity index (χ1n) is 9.95. The van der Waals surface area contributed by atoms with E-state index in [0.29, 0.717) is 24.8 Å². The molecule has 0 saturated heterocycles. The molecule has 2 aromatic rings. The molecule has 2 aliphatic rings. The molecule has 2 atom stereocenters. The third kappa shape index (κ3) is 4.12. The van der Waals surface area contributed by atoms with Gasteiger partial charge in [-0.05, 0) is 43.6 Å². The fourth-order valence-electron chi connectivity index (χ4n) is 4.53. The van der Waals surface area contributed by atoms with Gasteiger partial charge in [-0.3, -0.25) is 0 Å². The van der Waals surface area contributed by atoms with Crippen molar-refractivity contribution in [3.63, 3.8) is 0 Å². The summed E-state index contributed by atoms with van der Waals surface area (Å²) in [6.07, 6.45) is -0.733. The van der Waals surface area contributed by atoms with E-state index < -0.39 is 12.3 Å². The van der Waals surface area contributed by atoms with Crippen LogP contribution in [0.5, 0.6) is 5.88 Å². The molecule has 0 aliphatic heterocycles. The van der Waals surface area contributed by atoms with Gasteiger partial charge in [0.1, 0.15) is 37.1 Å². The van der Waals surface area contributed by atoms with Crippen LogP contribution in [-0.4, -0.2) is 57.8 Å². The third-order valence-electron chi connectivity index (χ3n) is 6.13. The molecule has 2 heterocycles. The Labute approximate surface area is 171 Å². The summed E-state index contributed by atoms with van der Waals surface area (Å²) < 4.78 is 46.9. The van der Waals surface area contributed by atoms with E-state index in [4.69, 9.17) is 4.74 Å². The Hall–Kier alpha value is -1.74. The maximum atomic E-state index is 12.9. The topological polar surface area (TPSA) is 58.2 Å². The average molecular weight is 429 g/mol. The summed E-state index contributed by atoms with van der Waals surface area (Å²) in [4.78, 5) is 10.4. The maximum Gasteiger partial charge on any atom is 0.414 e. The molecule has 1 saturated carbocycles. The van der Waals surface area contributed by atoms with Crippen molar-refractivity contribution >= 4 is 28.3 Å². The summed E-state index contributed by atoms with van der Waals surface area (Å²) in [6.45, 7) is 3.97. The molecular weight excluding hydrogens is 403 g/mol. The lowest BCUT2D eigenvalue weighted by Gasteiger charge is -2.26. The number of ether oxygens (including phenoxy) is 1. The zero-order valence-corrected chi connectivity index (χ0v) is 17.1. The van der Waals surface area contributed by atoms with E-state index in [-0.39, 0.29) is 18.4 Å². The summed E-state index contributed by atoms with van der Waals surface area (Å²) in [7, 11) is 1.98. The second-order valence-corrected chi connectivity index (χ2v) is 9.22. The first-order valence-corrected chi connectivity index (χ1v) is 10.8. The molecule has 9 heteroatoms. The molecule has 158 valence electrons. The lowest BCUT2D eigenvalue weighted by atomic mass is 9.92. The molecule has 2 aliphatic carbocycles. The zero-order valence-electron chi connectivity index (χ0n) is 16.3. The summed E-state index contributed by atoms with van der Waals surface area (Å²) in [6, 6.07) is 0.443. The largest absolute Gasteiger partial charge is 0.474 e.